The Bertz CT molecular complexity index is 1410. The Kier molecular flexibility index (Phi) is 5.93. The standard InChI is InChI=1S/C24H24F2N6O3/c1-13(2)31-11-15(9-29-31)17-8-21-28-10-20(32(21)30-24(17)35-16-4-5-34-12-16)18-6-14(23(33)27-3)7-19(25)22(18)26/h6-11,13,16H,4-5,12H2,1-3H3,(H,27,33). The van der Waals surface area contributed by atoms with E-state index in [2.05, 4.69) is 20.5 Å². The number of benzene rings is 1. The van der Waals surface area contributed by atoms with Gasteiger partial charge in [0, 0.05) is 42.4 Å². The molecule has 35 heavy (non-hydrogen) atoms. The average Bonchev–Trinajstić information content (AvgIpc) is 3.61. The normalized spacial score (nSPS) is 15.8. The van der Waals surface area contributed by atoms with Crippen LogP contribution in [0.1, 0.15) is 36.7 Å². The fourth-order valence-corrected chi connectivity index (χ4v) is 3.95. The zero-order valence-corrected chi connectivity index (χ0v) is 19.5. The van der Waals surface area contributed by atoms with Gasteiger partial charge in [-0.15, -0.1) is 5.10 Å². The topological polar surface area (TPSA) is 95.6 Å². The summed E-state index contributed by atoms with van der Waals surface area (Å²) in [5.74, 6) is -2.50. The molecular weight excluding hydrogens is 458 g/mol. The van der Waals surface area contributed by atoms with Crippen LogP contribution in [-0.2, 0) is 4.74 Å². The van der Waals surface area contributed by atoms with Crippen molar-refractivity contribution in [2.24, 2.45) is 0 Å². The van der Waals surface area contributed by atoms with E-state index >= 15 is 0 Å². The van der Waals surface area contributed by atoms with Crippen LogP contribution in [0.5, 0.6) is 5.88 Å². The van der Waals surface area contributed by atoms with Crippen LogP contribution in [0, 0.1) is 11.6 Å². The monoisotopic (exact) mass is 482 g/mol. The predicted octanol–water partition coefficient (Wildman–Crippen LogP) is 3.65. The second-order valence-electron chi connectivity index (χ2n) is 8.58. The first-order chi connectivity index (χ1) is 16.9. The Hall–Kier alpha value is -3.86. The van der Waals surface area contributed by atoms with Crippen molar-refractivity contribution in [2.45, 2.75) is 32.4 Å². The molecule has 1 aliphatic heterocycles. The van der Waals surface area contributed by atoms with Gasteiger partial charge in [0.1, 0.15) is 6.10 Å². The highest BCUT2D eigenvalue weighted by molar-refractivity contribution is 5.95. The van der Waals surface area contributed by atoms with Gasteiger partial charge < -0.3 is 14.8 Å². The number of halogens is 2. The summed E-state index contributed by atoms with van der Waals surface area (Å²) in [5.41, 5.74) is 1.87. The first kappa shape index (κ1) is 22.9. The molecule has 1 amide bonds. The summed E-state index contributed by atoms with van der Waals surface area (Å²) in [7, 11) is 1.42. The van der Waals surface area contributed by atoms with E-state index in [-0.39, 0.29) is 29.0 Å². The lowest BCUT2D eigenvalue weighted by atomic mass is 10.1. The van der Waals surface area contributed by atoms with Crippen molar-refractivity contribution in [3.05, 3.63) is 54.0 Å². The molecule has 4 heterocycles. The summed E-state index contributed by atoms with van der Waals surface area (Å²) in [4.78, 5) is 16.4. The van der Waals surface area contributed by atoms with Gasteiger partial charge in [0.25, 0.3) is 5.91 Å². The second kappa shape index (κ2) is 9.06. The Labute approximate surface area is 199 Å². The third-order valence-electron chi connectivity index (χ3n) is 5.86. The van der Waals surface area contributed by atoms with Crippen LogP contribution >= 0.6 is 0 Å². The molecule has 4 aromatic rings. The SMILES string of the molecule is CNC(=O)c1cc(F)c(F)c(-c2cnc3cc(-c4cnn(C(C)C)c4)c(OC4CCOC4)nn23)c1. The van der Waals surface area contributed by atoms with Crippen LogP contribution in [0.2, 0.25) is 0 Å². The minimum absolute atomic E-state index is 0.0198. The van der Waals surface area contributed by atoms with Gasteiger partial charge >= 0.3 is 0 Å². The maximum atomic E-state index is 14.9. The molecule has 0 radical (unpaired) electrons. The lowest BCUT2D eigenvalue weighted by Crippen LogP contribution is -2.18. The largest absolute Gasteiger partial charge is 0.470 e. The van der Waals surface area contributed by atoms with E-state index in [1.807, 2.05) is 24.7 Å². The molecule has 5 rings (SSSR count). The molecule has 9 nitrogen and oxygen atoms in total. The van der Waals surface area contributed by atoms with Crippen molar-refractivity contribution in [3.8, 4) is 28.3 Å². The fraction of sp³-hybridized carbons (Fsp3) is 0.333. The molecule has 182 valence electrons. The Balaban J connectivity index is 1.67. The third-order valence-corrected chi connectivity index (χ3v) is 5.86. The molecule has 0 aliphatic carbocycles. The number of nitrogens with one attached hydrogen (secondary N) is 1. The molecule has 1 saturated heterocycles. The molecule has 1 N–H and O–H groups in total. The molecule has 1 aromatic carbocycles. The van der Waals surface area contributed by atoms with Crippen LogP contribution in [0.4, 0.5) is 8.78 Å². The highest BCUT2D eigenvalue weighted by Crippen LogP contribution is 2.34. The number of carbonyl (C=O) groups excluding carboxylic acids is 1. The lowest BCUT2D eigenvalue weighted by molar-refractivity contribution is 0.0962. The predicted molar refractivity (Wildman–Crippen MR) is 123 cm³/mol. The van der Waals surface area contributed by atoms with Crippen molar-refractivity contribution in [2.75, 3.05) is 20.3 Å². The summed E-state index contributed by atoms with van der Waals surface area (Å²) in [5, 5.41) is 11.4. The number of fused-ring (bicyclic) bond motifs is 1. The van der Waals surface area contributed by atoms with E-state index in [4.69, 9.17) is 9.47 Å². The minimum Gasteiger partial charge on any atom is -0.470 e. The number of imidazole rings is 1. The van der Waals surface area contributed by atoms with E-state index in [0.29, 0.717) is 36.7 Å². The lowest BCUT2D eigenvalue weighted by Gasteiger charge is -2.15. The first-order valence-corrected chi connectivity index (χ1v) is 11.2. The molecule has 3 aromatic heterocycles. The highest BCUT2D eigenvalue weighted by Gasteiger charge is 2.24. The molecule has 1 aliphatic rings. The molecule has 0 saturated carbocycles. The van der Waals surface area contributed by atoms with Crippen molar-refractivity contribution in [1.29, 1.82) is 0 Å². The van der Waals surface area contributed by atoms with Gasteiger partial charge in [0.15, 0.2) is 17.3 Å². The number of carbonyl (C=O) groups is 1. The van der Waals surface area contributed by atoms with Crippen molar-refractivity contribution >= 4 is 11.6 Å². The Morgan fingerprint density at radius 1 is 1.23 bits per heavy atom. The first-order valence-electron chi connectivity index (χ1n) is 11.2. The van der Waals surface area contributed by atoms with Crippen LogP contribution in [0.25, 0.3) is 28.0 Å². The van der Waals surface area contributed by atoms with Crippen molar-refractivity contribution in [1.82, 2.24) is 29.7 Å². The van der Waals surface area contributed by atoms with E-state index in [1.165, 1.54) is 23.8 Å². The van der Waals surface area contributed by atoms with Crippen molar-refractivity contribution in [3.63, 3.8) is 0 Å². The van der Waals surface area contributed by atoms with Crippen LogP contribution in [0.15, 0.2) is 36.8 Å². The van der Waals surface area contributed by atoms with Crippen LogP contribution < -0.4 is 10.1 Å². The quantitative estimate of drug-likeness (QED) is 0.451. The summed E-state index contributed by atoms with van der Waals surface area (Å²) < 4.78 is 44.0. The van der Waals surface area contributed by atoms with Gasteiger partial charge in [-0.25, -0.2) is 18.3 Å². The maximum Gasteiger partial charge on any atom is 0.251 e. The Morgan fingerprint density at radius 2 is 2.06 bits per heavy atom. The van der Waals surface area contributed by atoms with E-state index < -0.39 is 17.5 Å². The molecule has 1 fully saturated rings. The molecular formula is C24H24F2N6O3. The fourth-order valence-electron chi connectivity index (χ4n) is 3.95. The highest BCUT2D eigenvalue weighted by atomic mass is 19.2. The van der Waals surface area contributed by atoms with Gasteiger partial charge in [-0.05, 0) is 32.0 Å². The Morgan fingerprint density at radius 3 is 2.74 bits per heavy atom. The number of amides is 1. The number of hydrogen-bond donors (Lipinski definition) is 1. The number of aromatic nitrogens is 5. The van der Waals surface area contributed by atoms with E-state index in [0.717, 1.165) is 11.6 Å². The minimum atomic E-state index is -1.15. The number of rotatable bonds is 6. The summed E-state index contributed by atoms with van der Waals surface area (Å²) >= 11 is 0. The number of hydrogen-bond acceptors (Lipinski definition) is 6. The third kappa shape index (κ3) is 4.23. The van der Waals surface area contributed by atoms with Gasteiger partial charge in [-0.3, -0.25) is 9.48 Å². The summed E-state index contributed by atoms with van der Waals surface area (Å²) in [6.07, 6.45) is 5.50. The van der Waals surface area contributed by atoms with E-state index in [9.17, 15) is 13.6 Å². The molecule has 11 heteroatoms. The smallest absolute Gasteiger partial charge is 0.251 e. The van der Waals surface area contributed by atoms with Gasteiger partial charge in [-0.2, -0.15) is 5.10 Å². The van der Waals surface area contributed by atoms with Gasteiger partial charge in [0.05, 0.1) is 36.9 Å². The van der Waals surface area contributed by atoms with Crippen LogP contribution in [0.3, 0.4) is 0 Å². The zero-order valence-electron chi connectivity index (χ0n) is 19.5. The molecule has 1 atom stereocenters. The molecule has 0 spiro atoms. The number of nitrogens with zero attached hydrogens (tertiary/aromatic N) is 5. The average molecular weight is 482 g/mol. The summed E-state index contributed by atoms with van der Waals surface area (Å²) in [6.45, 7) is 5.05. The van der Waals surface area contributed by atoms with Crippen LogP contribution in [-0.4, -0.2) is 56.7 Å². The van der Waals surface area contributed by atoms with Gasteiger partial charge in [0.2, 0.25) is 5.88 Å². The number of ether oxygens (including phenoxy) is 2. The van der Waals surface area contributed by atoms with Gasteiger partial charge in [-0.1, -0.05) is 0 Å². The molecule has 1 unspecified atom stereocenters. The maximum absolute atomic E-state index is 14.9. The summed E-state index contributed by atoms with van der Waals surface area (Å²) in [6, 6.07) is 4.05. The molecule has 0 bridgehead atoms. The van der Waals surface area contributed by atoms with E-state index in [1.54, 1.807) is 12.3 Å². The van der Waals surface area contributed by atoms with Crippen molar-refractivity contribution < 1.29 is 23.0 Å². The zero-order chi connectivity index (χ0) is 24.7. The second-order valence-corrected chi connectivity index (χ2v) is 8.58.